The zero-order valence-corrected chi connectivity index (χ0v) is 9.85. The first-order valence-electron chi connectivity index (χ1n) is 5.38. The Bertz CT molecular complexity index is 242. The van der Waals surface area contributed by atoms with Gasteiger partial charge in [0.15, 0.2) is 0 Å². The summed E-state index contributed by atoms with van der Waals surface area (Å²) in [5.41, 5.74) is 9.54. The summed E-state index contributed by atoms with van der Waals surface area (Å²) in [5.74, 6) is -0.602. The van der Waals surface area contributed by atoms with Crippen LogP contribution in [0.15, 0.2) is 0 Å². The second-order valence-electron chi connectivity index (χ2n) is 4.22. The van der Waals surface area contributed by atoms with E-state index in [-0.39, 0.29) is 19.6 Å². The first-order chi connectivity index (χ1) is 7.65. The lowest BCUT2D eigenvalue weighted by Crippen LogP contribution is -2.49. The van der Waals surface area contributed by atoms with Crippen LogP contribution in [0.25, 0.3) is 0 Å². The molecule has 0 aliphatic rings. The fourth-order valence-corrected chi connectivity index (χ4v) is 1.14. The first-order valence-corrected chi connectivity index (χ1v) is 5.38. The fourth-order valence-electron chi connectivity index (χ4n) is 1.14. The maximum absolute atomic E-state index is 11.8. The SMILES string of the molecule is CC(N)(CCCOCCCC(F)(F)F)C(N)=O. The molecule has 0 rings (SSSR count). The van der Waals surface area contributed by atoms with Crippen molar-refractivity contribution in [2.24, 2.45) is 11.5 Å². The van der Waals surface area contributed by atoms with Gasteiger partial charge in [-0.1, -0.05) is 0 Å². The summed E-state index contributed by atoms with van der Waals surface area (Å²) >= 11 is 0. The quantitative estimate of drug-likeness (QED) is 0.643. The summed E-state index contributed by atoms with van der Waals surface area (Å²) in [6, 6.07) is 0. The standard InChI is InChI=1S/C10H19F3N2O2/c1-9(15,8(14)16)4-2-6-17-7-3-5-10(11,12)13/h2-7,15H2,1H3,(H2,14,16). The number of primary amides is 1. The van der Waals surface area contributed by atoms with Crippen LogP contribution in [0.2, 0.25) is 0 Å². The zero-order chi connectivity index (χ0) is 13.5. The lowest BCUT2D eigenvalue weighted by atomic mass is 9.97. The molecular weight excluding hydrogens is 237 g/mol. The molecule has 0 saturated carbocycles. The van der Waals surface area contributed by atoms with Crippen molar-refractivity contribution in [2.45, 2.75) is 44.3 Å². The van der Waals surface area contributed by atoms with Crippen molar-refractivity contribution < 1.29 is 22.7 Å². The van der Waals surface area contributed by atoms with Gasteiger partial charge < -0.3 is 16.2 Å². The van der Waals surface area contributed by atoms with E-state index in [1.807, 2.05) is 0 Å². The van der Waals surface area contributed by atoms with Crippen LogP contribution in [0.4, 0.5) is 13.2 Å². The van der Waals surface area contributed by atoms with Crippen molar-refractivity contribution in [2.75, 3.05) is 13.2 Å². The number of hydrogen-bond acceptors (Lipinski definition) is 3. The van der Waals surface area contributed by atoms with Crippen LogP contribution >= 0.6 is 0 Å². The Hall–Kier alpha value is -0.820. The Labute approximate surface area is 98.5 Å². The fraction of sp³-hybridized carbons (Fsp3) is 0.900. The van der Waals surface area contributed by atoms with E-state index in [0.29, 0.717) is 12.8 Å². The highest BCUT2D eigenvalue weighted by Gasteiger charge is 2.26. The van der Waals surface area contributed by atoms with Gasteiger partial charge in [-0.05, 0) is 26.2 Å². The third-order valence-electron chi connectivity index (χ3n) is 2.30. The highest BCUT2D eigenvalue weighted by molar-refractivity contribution is 5.83. The van der Waals surface area contributed by atoms with Gasteiger partial charge in [0.2, 0.25) is 5.91 Å². The van der Waals surface area contributed by atoms with Gasteiger partial charge in [0, 0.05) is 19.6 Å². The molecule has 1 unspecified atom stereocenters. The first kappa shape index (κ1) is 16.2. The molecule has 0 aromatic heterocycles. The van der Waals surface area contributed by atoms with Gasteiger partial charge >= 0.3 is 6.18 Å². The molecule has 102 valence electrons. The van der Waals surface area contributed by atoms with Gasteiger partial charge in [0.1, 0.15) is 0 Å². The molecule has 1 atom stereocenters. The van der Waals surface area contributed by atoms with Gasteiger partial charge in [0.25, 0.3) is 0 Å². The van der Waals surface area contributed by atoms with Crippen molar-refractivity contribution in [1.29, 1.82) is 0 Å². The molecular formula is C10H19F3N2O2. The molecule has 0 fully saturated rings. The lowest BCUT2D eigenvalue weighted by Gasteiger charge is -2.19. The summed E-state index contributed by atoms with van der Waals surface area (Å²) in [6.45, 7) is 1.84. The van der Waals surface area contributed by atoms with Crippen molar-refractivity contribution in [1.82, 2.24) is 0 Å². The second-order valence-corrected chi connectivity index (χ2v) is 4.22. The number of ether oxygens (including phenoxy) is 1. The highest BCUT2D eigenvalue weighted by Crippen LogP contribution is 2.21. The number of carbonyl (C=O) groups excluding carboxylic acids is 1. The van der Waals surface area contributed by atoms with Crippen molar-refractivity contribution in [3.63, 3.8) is 0 Å². The van der Waals surface area contributed by atoms with E-state index in [2.05, 4.69) is 0 Å². The van der Waals surface area contributed by atoms with Crippen LogP contribution in [0.5, 0.6) is 0 Å². The van der Waals surface area contributed by atoms with E-state index < -0.39 is 24.0 Å². The molecule has 0 aromatic carbocycles. The van der Waals surface area contributed by atoms with Crippen molar-refractivity contribution in [3.05, 3.63) is 0 Å². The Kier molecular flexibility index (Phi) is 6.48. The Balaban J connectivity index is 3.45. The topological polar surface area (TPSA) is 78.3 Å². The number of nitrogens with two attached hydrogens (primary N) is 2. The second kappa shape index (κ2) is 6.80. The number of hydrogen-bond donors (Lipinski definition) is 2. The Morgan fingerprint density at radius 1 is 1.18 bits per heavy atom. The molecule has 0 radical (unpaired) electrons. The van der Waals surface area contributed by atoms with Crippen LogP contribution in [0, 0.1) is 0 Å². The molecule has 0 aliphatic heterocycles. The van der Waals surface area contributed by atoms with Gasteiger partial charge in [0.05, 0.1) is 5.54 Å². The molecule has 4 N–H and O–H groups in total. The number of alkyl halides is 3. The van der Waals surface area contributed by atoms with Crippen LogP contribution in [-0.2, 0) is 9.53 Å². The summed E-state index contributed by atoms with van der Waals surface area (Å²) < 4.78 is 40.3. The lowest BCUT2D eigenvalue weighted by molar-refractivity contribution is -0.138. The maximum atomic E-state index is 11.8. The Morgan fingerprint density at radius 3 is 2.06 bits per heavy atom. The largest absolute Gasteiger partial charge is 0.389 e. The third kappa shape index (κ3) is 8.93. The smallest absolute Gasteiger partial charge is 0.381 e. The molecule has 0 aliphatic carbocycles. The van der Waals surface area contributed by atoms with Crippen molar-refractivity contribution in [3.8, 4) is 0 Å². The number of rotatable bonds is 8. The van der Waals surface area contributed by atoms with Crippen LogP contribution in [-0.4, -0.2) is 30.8 Å². The normalized spacial score (nSPS) is 15.6. The molecule has 0 heterocycles. The number of amides is 1. The summed E-state index contributed by atoms with van der Waals surface area (Å²) in [5, 5.41) is 0. The van der Waals surface area contributed by atoms with E-state index in [1.54, 1.807) is 0 Å². The van der Waals surface area contributed by atoms with Crippen LogP contribution < -0.4 is 11.5 Å². The molecule has 17 heavy (non-hydrogen) atoms. The van der Waals surface area contributed by atoms with Crippen LogP contribution in [0.1, 0.15) is 32.6 Å². The summed E-state index contributed by atoms with van der Waals surface area (Å²) in [6.07, 6.45) is -4.20. The van der Waals surface area contributed by atoms with E-state index in [4.69, 9.17) is 16.2 Å². The number of halogens is 3. The predicted octanol–water partition coefficient (Wildman–Crippen LogP) is 1.33. The van der Waals surface area contributed by atoms with E-state index >= 15 is 0 Å². The van der Waals surface area contributed by atoms with Gasteiger partial charge in [-0.2, -0.15) is 13.2 Å². The molecule has 0 bridgehead atoms. The highest BCUT2D eigenvalue weighted by atomic mass is 19.4. The molecule has 0 aromatic rings. The van der Waals surface area contributed by atoms with E-state index in [9.17, 15) is 18.0 Å². The third-order valence-corrected chi connectivity index (χ3v) is 2.30. The van der Waals surface area contributed by atoms with Gasteiger partial charge in [-0.25, -0.2) is 0 Å². The minimum absolute atomic E-state index is 0.0529. The average Bonchev–Trinajstić information content (AvgIpc) is 2.14. The molecule has 0 saturated heterocycles. The zero-order valence-electron chi connectivity index (χ0n) is 9.85. The minimum Gasteiger partial charge on any atom is -0.381 e. The summed E-state index contributed by atoms with van der Waals surface area (Å²) in [4.78, 5) is 10.8. The molecule has 0 spiro atoms. The van der Waals surface area contributed by atoms with E-state index in [1.165, 1.54) is 6.92 Å². The van der Waals surface area contributed by atoms with Crippen LogP contribution in [0.3, 0.4) is 0 Å². The number of carbonyl (C=O) groups is 1. The maximum Gasteiger partial charge on any atom is 0.389 e. The van der Waals surface area contributed by atoms with Gasteiger partial charge in [-0.3, -0.25) is 4.79 Å². The molecule has 1 amide bonds. The van der Waals surface area contributed by atoms with E-state index in [0.717, 1.165) is 0 Å². The summed E-state index contributed by atoms with van der Waals surface area (Å²) in [7, 11) is 0. The monoisotopic (exact) mass is 256 g/mol. The van der Waals surface area contributed by atoms with Gasteiger partial charge in [-0.15, -0.1) is 0 Å². The predicted molar refractivity (Wildman–Crippen MR) is 57.1 cm³/mol. The Morgan fingerprint density at radius 2 is 1.65 bits per heavy atom. The molecule has 4 nitrogen and oxygen atoms in total. The minimum atomic E-state index is -4.13. The average molecular weight is 256 g/mol. The molecule has 7 heteroatoms. The van der Waals surface area contributed by atoms with Crippen molar-refractivity contribution >= 4 is 5.91 Å².